The van der Waals surface area contributed by atoms with Crippen LogP contribution < -0.4 is 0 Å². The van der Waals surface area contributed by atoms with Crippen LogP contribution in [-0.4, -0.2) is 31.7 Å². The Morgan fingerprint density at radius 1 is 1.33 bits per heavy atom. The van der Waals surface area contributed by atoms with E-state index in [0.717, 1.165) is 31.4 Å². The Hall–Kier alpha value is -1.96. The molecule has 0 saturated carbocycles. The molecule has 0 aliphatic carbocycles. The number of nitrogens with zero attached hydrogens (tertiary/aromatic N) is 1. The lowest BCUT2D eigenvalue weighted by Crippen LogP contribution is -2.28. The van der Waals surface area contributed by atoms with Crippen molar-refractivity contribution in [2.24, 2.45) is 0 Å². The van der Waals surface area contributed by atoms with Gasteiger partial charge < -0.3 is 4.74 Å². The zero-order valence-electron chi connectivity index (χ0n) is 9.69. The van der Waals surface area contributed by atoms with Gasteiger partial charge in [-0.15, -0.1) is 0 Å². The van der Waals surface area contributed by atoms with Crippen LogP contribution >= 0.6 is 0 Å². The number of ether oxygens (including phenoxy) is 1. The molecule has 1 atom stereocenters. The van der Waals surface area contributed by atoms with E-state index in [-0.39, 0.29) is 10.6 Å². The molecule has 0 aliphatic heterocycles. The molecule has 0 N–H and O–H groups in total. The summed E-state index contributed by atoms with van der Waals surface area (Å²) in [5.41, 5.74) is -0.223. The van der Waals surface area contributed by atoms with Gasteiger partial charge in [-0.05, 0) is 19.1 Å². The van der Waals surface area contributed by atoms with E-state index in [1.807, 2.05) is 0 Å². The third-order valence-electron chi connectivity index (χ3n) is 2.37. The summed E-state index contributed by atoms with van der Waals surface area (Å²) in [6.45, 7) is 1.20. The van der Waals surface area contributed by atoms with Gasteiger partial charge in [-0.2, -0.15) is 0 Å². The van der Waals surface area contributed by atoms with Crippen LogP contribution in [0.2, 0.25) is 0 Å². The molecule has 8 heteroatoms. The third kappa shape index (κ3) is 2.65. The second-order valence-electron chi connectivity index (χ2n) is 3.46. The van der Waals surface area contributed by atoms with Crippen LogP contribution in [-0.2, 0) is 19.4 Å². The van der Waals surface area contributed by atoms with E-state index < -0.39 is 26.0 Å². The molecule has 0 fully saturated rings. The number of non-ortho nitro benzene ring substituents is 1. The molecule has 18 heavy (non-hydrogen) atoms. The molecule has 0 aromatic heterocycles. The number of methoxy groups -OCH3 is 1. The van der Waals surface area contributed by atoms with E-state index >= 15 is 0 Å². The fourth-order valence-corrected chi connectivity index (χ4v) is 2.53. The average Bonchev–Trinajstić information content (AvgIpc) is 2.36. The summed E-state index contributed by atoms with van der Waals surface area (Å²) in [6.07, 6.45) is 0. The van der Waals surface area contributed by atoms with E-state index in [9.17, 15) is 23.3 Å². The topological polar surface area (TPSA) is 104 Å². The van der Waals surface area contributed by atoms with Crippen LogP contribution in [0, 0.1) is 10.1 Å². The van der Waals surface area contributed by atoms with Crippen molar-refractivity contribution in [1.29, 1.82) is 0 Å². The molecule has 98 valence electrons. The molecule has 1 aromatic rings. The molecule has 0 spiro atoms. The molecule has 1 unspecified atom stereocenters. The fourth-order valence-electron chi connectivity index (χ4n) is 1.25. The standard InChI is InChI=1S/C10H11NO6S/c1-7(10(12)17-2)18(15,16)9-5-3-8(4-6-9)11(13)14/h3-7H,1-2H3. The number of hydrogen-bond acceptors (Lipinski definition) is 6. The molecule has 0 amide bonds. The van der Waals surface area contributed by atoms with Gasteiger partial charge >= 0.3 is 5.97 Å². The van der Waals surface area contributed by atoms with Crippen molar-refractivity contribution >= 4 is 21.5 Å². The van der Waals surface area contributed by atoms with Crippen molar-refractivity contribution in [3.63, 3.8) is 0 Å². The molecular weight excluding hydrogens is 262 g/mol. The Morgan fingerprint density at radius 2 is 1.83 bits per heavy atom. The Balaban J connectivity index is 3.13. The van der Waals surface area contributed by atoms with Crippen molar-refractivity contribution < 1.29 is 22.9 Å². The molecule has 1 rings (SSSR count). The first-order valence-electron chi connectivity index (χ1n) is 4.87. The van der Waals surface area contributed by atoms with Gasteiger partial charge in [0, 0.05) is 12.1 Å². The normalized spacial score (nSPS) is 12.8. The van der Waals surface area contributed by atoms with Gasteiger partial charge in [0.1, 0.15) is 0 Å². The maximum Gasteiger partial charge on any atom is 0.324 e. The van der Waals surface area contributed by atoms with Crippen LogP contribution in [0.3, 0.4) is 0 Å². The molecule has 1 aromatic carbocycles. The van der Waals surface area contributed by atoms with E-state index in [2.05, 4.69) is 4.74 Å². The van der Waals surface area contributed by atoms with Gasteiger partial charge in [0.05, 0.1) is 16.9 Å². The SMILES string of the molecule is COC(=O)C(C)S(=O)(=O)c1ccc([N+](=O)[O-])cc1. The maximum absolute atomic E-state index is 11.9. The van der Waals surface area contributed by atoms with Crippen LogP contribution in [0.4, 0.5) is 5.69 Å². The van der Waals surface area contributed by atoms with Crippen molar-refractivity contribution in [3.05, 3.63) is 34.4 Å². The zero-order valence-corrected chi connectivity index (χ0v) is 10.5. The first kappa shape index (κ1) is 14.1. The highest BCUT2D eigenvalue weighted by atomic mass is 32.2. The first-order valence-corrected chi connectivity index (χ1v) is 6.41. The molecule has 0 aliphatic rings. The Bertz CT molecular complexity index is 563. The lowest BCUT2D eigenvalue weighted by molar-refractivity contribution is -0.384. The van der Waals surface area contributed by atoms with Crippen LogP contribution in [0.5, 0.6) is 0 Å². The molecule has 0 radical (unpaired) electrons. The predicted molar refractivity (Wildman–Crippen MR) is 61.8 cm³/mol. The monoisotopic (exact) mass is 273 g/mol. The highest BCUT2D eigenvalue weighted by molar-refractivity contribution is 7.92. The highest BCUT2D eigenvalue weighted by Gasteiger charge is 2.30. The van der Waals surface area contributed by atoms with Gasteiger partial charge in [-0.25, -0.2) is 8.42 Å². The summed E-state index contributed by atoms with van der Waals surface area (Å²) >= 11 is 0. The largest absolute Gasteiger partial charge is 0.468 e. The molecular formula is C10H11NO6S. The van der Waals surface area contributed by atoms with E-state index in [1.54, 1.807) is 0 Å². The smallest absolute Gasteiger partial charge is 0.324 e. The van der Waals surface area contributed by atoms with Gasteiger partial charge in [-0.3, -0.25) is 14.9 Å². The zero-order chi connectivity index (χ0) is 13.9. The van der Waals surface area contributed by atoms with E-state index in [0.29, 0.717) is 0 Å². The summed E-state index contributed by atoms with van der Waals surface area (Å²) in [5, 5.41) is 9.07. The quantitative estimate of drug-likeness (QED) is 0.459. The van der Waals surface area contributed by atoms with Crippen molar-refractivity contribution in [2.75, 3.05) is 7.11 Å². The minimum absolute atomic E-state index is 0.161. The summed E-state index contributed by atoms with van der Waals surface area (Å²) < 4.78 is 28.2. The Labute approximate surface area is 103 Å². The maximum atomic E-state index is 11.9. The Kier molecular flexibility index (Phi) is 4.02. The van der Waals surface area contributed by atoms with Crippen molar-refractivity contribution in [2.45, 2.75) is 17.1 Å². The Morgan fingerprint density at radius 3 is 2.22 bits per heavy atom. The molecule has 0 bridgehead atoms. The number of carbonyl (C=O) groups is 1. The van der Waals surface area contributed by atoms with E-state index in [4.69, 9.17) is 0 Å². The number of hydrogen-bond donors (Lipinski definition) is 0. The fraction of sp³-hybridized carbons (Fsp3) is 0.300. The molecule has 0 heterocycles. The summed E-state index contributed by atoms with van der Waals surface area (Å²) in [6, 6.07) is 4.31. The number of benzene rings is 1. The first-order chi connectivity index (χ1) is 8.30. The number of sulfone groups is 1. The van der Waals surface area contributed by atoms with Crippen molar-refractivity contribution in [1.82, 2.24) is 0 Å². The lowest BCUT2D eigenvalue weighted by atomic mass is 10.3. The number of esters is 1. The van der Waals surface area contributed by atoms with Gasteiger partial charge in [0.15, 0.2) is 15.1 Å². The minimum atomic E-state index is -3.89. The summed E-state index contributed by atoms with van der Waals surface area (Å²) in [4.78, 5) is 20.8. The second kappa shape index (κ2) is 5.13. The number of nitro benzene ring substituents is 1. The van der Waals surface area contributed by atoms with Gasteiger partial charge in [-0.1, -0.05) is 0 Å². The molecule has 0 saturated heterocycles. The summed E-state index contributed by atoms with van der Waals surface area (Å²) in [5.74, 6) is -0.881. The van der Waals surface area contributed by atoms with Gasteiger partial charge in [0.2, 0.25) is 0 Å². The van der Waals surface area contributed by atoms with Gasteiger partial charge in [0.25, 0.3) is 5.69 Å². The van der Waals surface area contributed by atoms with Crippen LogP contribution in [0.25, 0.3) is 0 Å². The molecule has 7 nitrogen and oxygen atoms in total. The van der Waals surface area contributed by atoms with E-state index in [1.165, 1.54) is 6.92 Å². The number of nitro groups is 1. The third-order valence-corrected chi connectivity index (χ3v) is 4.43. The van der Waals surface area contributed by atoms with Crippen LogP contribution in [0.1, 0.15) is 6.92 Å². The highest BCUT2D eigenvalue weighted by Crippen LogP contribution is 2.20. The number of rotatable bonds is 4. The van der Waals surface area contributed by atoms with Crippen LogP contribution in [0.15, 0.2) is 29.2 Å². The average molecular weight is 273 g/mol. The second-order valence-corrected chi connectivity index (χ2v) is 5.73. The summed E-state index contributed by atoms with van der Waals surface area (Å²) in [7, 11) is -2.80. The number of carbonyl (C=O) groups excluding carboxylic acids is 1. The minimum Gasteiger partial charge on any atom is -0.468 e. The van der Waals surface area contributed by atoms with Crippen molar-refractivity contribution in [3.8, 4) is 0 Å². The lowest BCUT2D eigenvalue weighted by Gasteiger charge is -2.10. The predicted octanol–water partition coefficient (Wildman–Crippen LogP) is 0.930.